The van der Waals surface area contributed by atoms with Crippen LogP contribution in [0.2, 0.25) is 0 Å². The van der Waals surface area contributed by atoms with Gasteiger partial charge in [0.25, 0.3) is 0 Å². The number of hydrogen-bond acceptors (Lipinski definition) is 10. The van der Waals surface area contributed by atoms with Gasteiger partial charge < -0.3 is 33.8 Å². The van der Waals surface area contributed by atoms with Crippen LogP contribution in [0.4, 0.5) is 22.0 Å². The minimum Gasteiger partial charge on any atom is -0.383 e. The van der Waals surface area contributed by atoms with Crippen molar-refractivity contribution in [1.82, 2.24) is 69.0 Å². The molecule has 0 fully saturated rings. The number of aromatic nitrogens is 9. The van der Waals surface area contributed by atoms with Crippen LogP contribution in [0.15, 0.2) is 158 Å². The van der Waals surface area contributed by atoms with Crippen LogP contribution in [0.5, 0.6) is 0 Å². The normalized spacial score (nSPS) is 11.2. The molecule has 5 aromatic carbocycles. The predicted molar refractivity (Wildman–Crippen MR) is 385 cm³/mol. The molecule has 97 heavy (non-hydrogen) atoms. The Kier molecular flexibility index (Phi) is 32.8. The van der Waals surface area contributed by atoms with Crippen molar-refractivity contribution in [2.24, 2.45) is 14.1 Å². The van der Waals surface area contributed by atoms with Crippen LogP contribution in [0.3, 0.4) is 0 Å². The zero-order valence-corrected chi connectivity index (χ0v) is 59.4. The fraction of sp³-hybridized carbons (Fsp3) is 0.403. The Morgan fingerprint density at radius 1 is 0.402 bits per heavy atom. The smallest absolute Gasteiger partial charge is 0.123 e. The molecule has 0 amide bonds. The Bertz CT molecular complexity index is 3770. The number of benzene rings is 5. The second-order valence-corrected chi connectivity index (χ2v) is 24.9. The molecule has 0 unspecified atom stereocenters. The first-order valence-corrected chi connectivity index (χ1v) is 33.7. The number of methoxy groups -OCH3 is 1. The fourth-order valence-electron chi connectivity index (χ4n) is 11.3. The number of unbranched alkanes of at least 4 members (excludes halogenated alkanes) is 1. The minimum atomic E-state index is -0.229. The lowest BCUT2D eigenvalue weighted by Crippen LogP contribution is -2.19. The molecule has 5 aromatic heterocycles. The van der Waals surface area contributed by atoms with E-state index in [0.717, 1.165) is 158 Å². The highest BCUT2D eigenvalue weighted by Gasteiger charge is 2.17. The van der Waals surface area contributed by atoms with Crippen molar-refractivity contribution in [3.8, 4) is 56.3 Å². The minimum absolute atomic E-state index is 0.192. The van der Waals surface area contributed by atoms with Gasteiger partial charge in [0.2, 0.25) is 0 Å². The molecule has 2 N–H and O–H groups in total. The van der Waals surface area contributed by atoms with E-state index < -0.39 is 0 Å². The number of H-pyrrole nitrogens is 2. The standard InChI is InChI=1S/C17H24FN3O.C16H21FN2.2C15H20FN3.C14H18FN3/c1-4-9-20(2)12-15-13-21(10-11-22-3)19-17(15)14-5-7-16(18)8-6-14;1-4-10-18(2)12-14-9-11-19(3)16(14)13-5-7-15(17)8-6-13;1-4-9-18(2)10-13-11-19(3)17-15(13)12-5-7-14(16)8-6-12;1-3-4-9-19(2)11-13-10-17-18-15(13)12-5-7-14(16)8-6-12;1-3-8-18(2)10-12-9-16-17-14(12)11-4-6-13(15)7-5-11/h5-8,13H,4,9-12H2,1-3H3;5-9,11H,4,10,12H2,1-3H3;5-8,11H,4,9-10H2,1-3H3;5-8,10H,3-4,9,11H2,1-2H3,(H,17,18);4-7,9H,3,8,10H2,1-2H3,(H,16,17). The summed E-state index contributed by atoms with van der Waals surface area (Å²) >= 11 is 0. The van der Waals surface area contributed by atoms with Gasteiger partial charge in [-0.25, -0.2) is 22.0 Å². The maximum Gasteiger partial charge on any atom is 0.123 e. The lowest BCUT2D eigenvalue weighted by Gasteiger charge is -2.16. The lowest BCUT2D eigenvalue weighted by atomic mass is 10.1. The van der Waals surface area contributed by atoms with Crippen LogP contribution >= 0.6 is 0 Å². The number of halogens is 5. The van der Waals surface area contributed by atoms with Crippen molar-refractivity contribution in [2.45, 2.75) is 112 Å². The zero-order valence-electron chi connectivity index (χ0n) is 59.4. The molecule has 20 heteroatoms. The number of nitrogens with zero attached hydrogens (tertiary/aromatic N) is 12. The number of rotatable bonds is 29. The summed E-state index contributed by atoms with van der Waals surface area (Å²) in [7, 11) is 16.2. The summed E-state index contributed by atoms with van der Waals surface area (Å²) in [6.07, 6.45) is 16.7. The largest absolute Gasteiger partial charge is 0.383 e. The summed E-state index contributed by atoms with van der Waals surface area (Å²) in [4.78, 5) is 11.4. The topological polar surface area (TPSA) is 123 Å². The Labute approximate surface area is 572 Å². The molecule has 0 aliphatic carbocycles. The molecular weight excluding hydrogens is 1230 g/mol. The molecule has 0 saturated carbocycles. The van der Waals surface area contributed by atoms with E-state index in [1.807, 2.05) is 54.2 Å². The highest BCUT2D eigenvalue weighted by Crippen LogP contribution is 2.29. The SMILES string of the molecule is CCCCN(C)Cc1cn[nH]c1-c1ccc(F)cc1.CCCN(C)Cc1ccn(C)c1-c1ccc(F)cc1.CCCN(C)Cc1cn(C)nc1-c1ccc(F)cc1.CCCN(C)Cc1cn(CCOC)nc1-c1ccc(F)cc1.CCCN(C)Cc1cn[nH]c1-c1ccc(F)cc1. The van der Waals surface area contributed by atoms with Crippen molar-refractivity contribution in [3.05, 3.63) is 215 Å². The summed E-state index contributed by atoms with van der Waals surface area (Å²) in [6.45, 7) is 21.8. The lowest BCUT2D eigenvalue weighted by molar-refractivity contribution is 0.183. The highest BCUT2D eigenvalue weighted by molar-refractivity contribution is 5.66. The third-order valence-corrected chi connectivity index (χ3v) is 16.0. The van der Waals surface area contributed by atoms with Crippen LogP contribution in [-0.2, 0) is 58.1 Å². The molecule has 0 bridgehead atoms. The second-order valence-electron chi connectivity index (χ2n) is 24.9. The van der Waals surface area contributed by atoms with E-state index in [1.165, 1.54) is 90.3 Å². The first-order valence-electron chi connectivity index (χ1n) is 33.7. The number of ether oxygens (including phenoxy) is 1. The van der Waals surface area contributed by atoms with Gasteiger partial charge in [-0.2, -0.15) is 20.4 Å². The van der Waals surface area contributed by atoms with Crippen molar-refractivity contribution in [2.75, 3.05) is 81.7 Å². The molecule has 0 radical (unpaired) electrons. The summed E-state index contributed by atoms with van der Waals surface area (Å²) < 4.78 is 75.9. The van der Waals surface area contributed by atoms with Gasteiger partial charge in [-0.1, -0.05) is 41.0 Å². The van der Waals surface area contributed by atoms with E-state index in [4.69, 9.17) is 4.74 Å². The molecule has 10 aromatic rings. The summed E-state index contributed by atoms with van der Waals surface area (Å²) in [5.41, 5.74) is 15.8. The van der Waals surface area contributed by atoms with Crippen molar-refractivity contribution < 1.29 is 26.7 Å². The fourth-order valence-corrected chi connectivity index (χ4v) is 11.3. The summed E-state index contributed by atoms with van der Waals surface area (Å²) in [5, 5.41) is 23.3. The number of nitrogens with one attached hydrogen (secondary N) is 2. The van der Waals surface area contributed by atoms with E-state index in [9.17, 15) is 22.0 Å². The zero-order chi connectivity index (χ0) is 70.2. The maximum atomic E-state index is 13.1. The average Bonchev–Trinajstić information content (AvgIpc) is 1.76. The Morgan fingerprint density at radius 2 is 0.753 bits per heavy atom. The summed E-state index contributed by atoms with van der Waals surface area (Å²) in [6, 6.07) is 34.9. The number of hydrogen-bond donors (Lipinski definition) is 2. The van der Waals surface area contributed by atoms with Crippen molar-refractivity contribution in [3.63, 3.8) is 0 Å². The molecule has 522 valence electrons. The van der Waals surface area contributed by atoms with E-state index in [2.05, 4.69) is 148 Å². The Hall–Kier alpha value is -8.37. The predicted octanol–water partition coefficient (Wildman–Crippen LogP) is 16.4. The van der Waals surface area contributed by atoms with Crippen molar-refractivity contribution in [1.29, 1.82) is 0 Å². The first kappa shape index (κ1) is 77.6. The maximum absolute atomic E-state index is 13.1. The van der Waals surface area contributed by atoms with Crippen LogP contribution < -0.4 is 0 Å². The van der Waals surface area contributed by atoms with Gasteiger partial charge in [-0.05, 0) is 239 Å². The van der Waals surface area contributed by atoms with Crippen molar-refractivity contribution >= 4 is 0 Å². The monoisotopic (exact) mass is 1330 g/mol. The number of aryl methyl sites for hydroxylation is 2. The van der Waals surface area contributed by atoms with E-state index in [-0.39, 0.29) is 29.1 Å². The highest BCUT2D eigenvalue weighted by atomic mass is 19.1. The van der Waals surface area contributed by atoms with E-state index in [1.54, 1.807) is 55.6 Å². The van der Waals surface area contributed by atoms with Gasteiger partial charge >= 0.3 is 0 Å². The second kappa shape index (κ2) is 41.0. The van der Waals surface area contributed by atoms with Gasteiger partial charge in [0.05, 0.1) is 54.0 Å². The molecule has 0 aliphatic rings. The number of aromatic amines is 2. The third-order valence-electron chi connectivity index (χ3n) is 16.0. The van der Waals surface area contributed by atoms with Crippen LogP contribution in [0.25, 0.3) is 56.3 Å². The molecule has 10 rings (SSSR count). The molecule has 0 atom stereocenters. The van der Waals surface area contributed by atoms with Crippen LogP contribution in [0.1, 0.15) is 101 Å². The Morgan fingerprint density at radius 3 is 1.14 bits per heavy atom. The molecule has 5 heterocycles. The van der Waals surface area contributed by atoms with Gasteiger partial charge in [0.15, 0.2) is 0 Å². The van der Waals surface area contributed by atoms with Gasteiger partial charge in [0.1, 0.15) is 29.1 Å². The van der Waals surface area contributed by atoms with Crippen LogP contribution in [-0.4, -0.2) is 151 Å². The molecule has 15 nitrogen and oxygen atoms in total. The molecule has 0 aliphatic heterocycles. The van der Waals surface area contributed by atoms with E-state index >= 15 is 0 Å². The van der Waals surface area contributed by atoms with Crippen LogP contribution in [0, 0.1) is 29.1 Å². The van der Waals surface area contributed by atoms with Gasteiger partial charge in [0, 0.05) is 117 Å². The van der Waals surface area contributed by atoms with Gasteiger partial charge in [-0.3, -0.25) is 19.6 Å². The molecule has 0 saturated heterocycles. The van der Waals surface area contributed by atoms with E-state index in [0.29, 0.717) is 13.2 Å². The Balaban J connectivity index is 0.000000192. The molecule has 0 spiro atoms. The quantitative estimate of drug-likeness (QED) is 0.0438. The van der Waals surface area contributed by atoms with Gasteiger partial charge in [-0.15, -0.1) is 0 Å². The average molecular weight is 1340 g/mol. The first-order chi connectivity index (χ1) is 46.7. The molecular formula is C77H103F5N14O. The summed E-state index contributed by atoms with van der Waals surface area (Å²) in [5.74, 6) is -1.08. The third kappa shape index (κ3) is 25.5.